The lowest BCUT2D eigenvalue weighted by Crippen LogP contribution is -2.34. The van der Waals surface area contributed by atoms with Gasteiger partial charge in [0.15, 0.2) is 0 Å². The van der Waals surface area contributed by atoms with Crippen molar-refractivity contribution >= 4 is 11.9 Å². The Labute approximate surface area is 206 Å². The summed E-state index contributed by atoms with van der Waals surface area (Å²) in [5, 5.41) is 27.3. The molecule has 0 saturated carbocycles. The van der Waals surface area contributed by atoms with Crippen LogP contribution >= 0.6 is 0 Å². The second-order valence-electron chi connectivity index (χ2n) is 7.72. The zero-order valence-electron chi connectivity index (χ0n) is 19.0. The maximum Gasteiger partial charge on any atom is 0.472 e. The van der Waals surface area contributed by atoms with Gasteiger partial charge >= 0.3 is 11.9 Å². The molecule has 0 amide bonds. The van der Waals surface area contributed by atoms with Crippen molar-refractivity contribution in [3.8, 4) is 22.7 Å². The lowest BCUT2D eigenvalue weighted by atomic mass is 10.3. The standard InChI is InChI=1S/C26H20N10/c1-5-13-21(14-6-1)33-25(29-35(31-33)23-17-9-3-10-18-23)27-28-26-30-36(24-19-11-4-12-20-24)32-34(26)22-15-7-2-8-16-22/h1-20H/q+2/b28-27+/i27+1,28+1,29+1,32+1. The van der Waals surface area contributed by atoms with Crippen molar-refractivity contribution in [1.29, 1.82) is 0 Å². The maximum atomic E-state index is 4.62. The second-order valence-corrected chi connectivity index (χ2v) is 7.72. The van der Waals surface area contributed by atoms with Crippen molar-refractivity contribution in [1.82, 2.24) is 30.2 Å². The molecule has 10 heteroatoms. The summed E-state index contributed by atoms with van der Waals surface area (Å²) < 4.78 is 3.26. The van der Waals surface area contributed by atoms with E-state index in [1.165, 1.54) is 9.59 Å². The summed E-state index contributed by atoms with van der Waals surface area (Å²) in [4.78, 5) is 3.04. The van der Waals surface area contributed by atoms with Gasteiger partial charge in [0.25, 0.3) is 0 Å². The third kappa shape index (κ3) is 4.26. The van der Waals surface area contributed by atoms with Crippen LogP contribution in [0.15, 0.2) is 132 Å². The maximum absolute atomic E-state index is 4.62. The fourth-order valence-corrected chi connectivity index (χ4v) is 3.57. The number of para-hydroxylation sites is 4. The summed E-state index contributed by atoms with van der Waals surface area (Å²) in [6, 6.07) is 38.6. The van der Waals surface area contributed by atoms with Crippen molar-refractivity contribution in [2.75, 3.05) is 0 Å². The first-order chi connectivity index (χ1) is 17.8. The van der Waals surface area contributed by atoms with E-state index in [0.29, 0.717) is 11.9 Å². The highest BCUT2D eigenvalue weighted by Crippen LogP contribution is 2.14. The Balaban J connectivity index is 1.45. The van der Waals surface area contributed by atoms with Crippen LogP contribution in [0, 0.1) is 0 Å². The predicted molar refractivity (Wildman–Crippen MR) is 130 cm³/mol. The molecule has 10 nitrogen and oxygen atoms in total. The van der Waals surface area contributed by atoms with E-state index in [1.54, 1.807) is 9.36 Å². The zero-order chi connectivity index (χ0) is 24.2. The minimum Gasteiger partial charge on any atom is -0.0918 e. The van der Waals surface area contributed by atoms with Gasteiger partial charge in [0, 0.05) is 10.4 Å². The van der Waals surface area contributed by atoms with E-state index < -0.39 is 0 Å². The SMILES string of the molecule is c1ccc(-n2n[n+](-c3ccccc3)c(/[15N]=[15N]/c3nn(-c4ccccc4)[15n][n+]3-c3ccccc3)[15n]2)cc1. The van der Waals surface area contributed by atoms with Crippen molar-refractivity contribution < 1.29 is 9.36 Å². The van der Waals surface area contributed by atoms with Gasteiger partial charge in [-0.05, 0) is 58.1 Å². The van der Waals surface area contributed by atoms with Crippen LogP contribution in [0.3, 0.4) is 0 Å². The Morgan fingerprint density at radius 2 is 0.778 bits per heavy atom. The summed E-state index contributed by atoms with van der Waals surface area (Å²) >= 11 is 0. The molecule has 0 unspecified atom stereocenters. The van der Waals surface area contributed by atoms with Crippen molar-refractivity contribution in [2.45, 2.75) is 0 Å². The van der Waals surface area contributed by atoms with Gasteiger partial charge in [-0.1, -0.05) is 82.2 Å². The molecule has 36 heavy (non-hydrogen) atoms. The molecule has 0 aliphatic rings. The molecule has 0 radical (unpaired) electrons. The second kappa shape index (κ2) is 9.47. The number of hydrogen-bond acceptors (Lipinski definition) is 6. The average molecular weight is 476 g/mol. The normalized spacial score (nSPS) is 11.2. The number of benzene rings is 4. The van der Waals surface area contributed by atoms with Gasteiger partial charge in [0.05, 0.1) is 20.4 Å². The lowest BCUT2D eigenvalue weighted by molar-refractivity contribution is -0.651. The van der Waals surface area contributed by atoms with Crippen molar-refractivity contribution in [3.63, 3.8) is 0 Å². The molecule has 2 aromatic heterocycles. The van der Waals surface area contributed by atoms with E-state index in [0.717, 1.165) is 22.7 Å². The average Bonchev–Trinajstić information content (AvgIpc) is 3.59. The molecule has 0 atom stereocenters. The summed E-state index contributed by atoms with van der Waals surface area (Å²) in [5.74, 6) is 0.581. The molecule has 6 rings (SSSR count). The van der Waals surface area contributed by atoms with Crippen molar-refractivity contribution in [3.05, 3.63) is 121 Å². The molecule has 0 aliphatic carbocycles. The molecule has 6 aromatic rings. The van der Waals surface area contributed by atoms with Crippen LogP contribution in [0.25, 0.3) is 22.7 Å². The number of hydrogen-bond donors (Lipinski definition) is 0. The Hall–Kier alpha value is -5.38. The van der Waals surface area contributed by atoms with Crippen LogP contribution in [0.1, 0.15) is 0 Å². The number of aromatic nitrogens is 8. The van der Waals surface area contributed by atoms with Crippen molar-refractivity contribution in [2.24, 2.45) is 10.2 Å². The van der Waals surface area contributed by atoms with Crippen LogP contribution in [0.2, 0.25) is 0 Å². The predicted octanol–water partition coefficient (Wildman–Crippen LogP) is 3.82. The van der Waals surface area contributed by atoms with Crippen LogP contribution in [0.5, 0.6) is 0 Å². The van der Waals surface area contributed by atoms with Crippen LogP contribution in [0.4, 0.5) is 11.9 Å². The highest BCUT2D eigenvalue weighted by atomic mass is 16.1. The molecule has 2 heterocycles. The van der Waals surface area contributed by atoms with Gasteiger partial charge in [-0.25, -0.2) is 0 Å². The topological polar surface area (TPSA) is 93.9 Å². The molecule has 0 N–H and O–H groups in total. The molecule has 0 saturated heterocycles. The quantitative estimate of drug-likeness (QED) is 0.208. The Morgan fingerprint density at radius 3 is 1.14 bits per heavy atom. The summed E-state index contributed by atoms with van der Waals surface area (Å²) in [5.41, 5.74) is 3.21. The van der Waals surface area contributed by atoms with E-state index in [-0.39, 0.29) is 0 Å². The molecule has 0 fully saturated rings. The number of tetrazole rings is 2. The summed E-state index contributed by atoms with van der Waals surface area (Å²) in [6.45, 7) is 0. The Kier molecular flexibility index (Phi) is 5.57. The first-order valence-corrected chi connectivity index (χ1v) is 11.3. The minimum absolute atomic E-state index is 0.291. The zero-order valence-corrected chi connectivity index (χ0v) is 19.0. The minimum atomic E-state index is 0.291. The summed E-state index contributed by atoms with van der Waals surface area (Å²) in [7, 11) is 0. The van der Waals surface area contributed by atoms with E-state index in [9.17, 15) is 0 Å². The largest absolute Gasteiger partial charge is 0.472 e. The molecular weight excluding hydrogens is 456 g/mol. The van der Waals surface area contributed by atoms with Gasteiger partial charge in [0.2, 0.25) is 0 Å². The van der Waals surface area contributed by atoms with Gasteiger partial charge in [-0.15, -0.1) is 0 Å². The Morgan fingerprint density at radius 1 is 0.444 bits per heavy atom. The molecule has 0 spiro atoms. The van der Waals surface area contributed by atoms with Crippen LogP contribution in [-0.2, 0) is 0 Å². The van der Waals surface area contributed by atoms with E-state index in [2.05, 4.69) is 30.9 Å². The van der Waals surface area contributed by atoms with E-state index >= 15 is 0 Å². The van der Waals surface area contributed by atoms with E-state index in [4.69, 9.17) is 0 Å². The van der Waals surface area contributed by atoms with Gasteiger partial charge in [-0.2, -0.15) is 0 Å². The lowest BCUT2D eigenvalue weighted by Gasteiger charge is -1.94. The third-order valence-electron chi connectivity index (χ3n) is 5.30. The highest BCUT2D eigenvalue weighted by Gasteiger charge is 2.26. The first-order valence-electron chi connectivity index (χ1n) is 11.3. The fraction of sp³-hybridized carbons (Fsp3) is 0. The van der Waals surface area contributed by atoms with Crippen LogP contribution in [-0.4, -0.2) is 30.2 Å². The van der Waals surface area contributed by atoms with Crippen LogP contribution < -0.4 is 9.36 Å². The van der Waals surface area contributed by atoms with Gasteiger partial charge in [0.1, 0.15) is 22.7 Å². The molecule has 0 aliphatic heterocycles. The molecule has 0 bridgehead atoms. The summed E-state index contributed by atoms with van der Waals surface area (Å²) in [6.07, 6.45) is 0. The first kappa shape index (κ1) is 21.2. The molecule has 172 valence electrons. The molecule has 4 aromatic carbocycles. The third-order valence-corrected chi connectivity index (χ3v) is 5.30. The van der Waals surface area contributed by atoms with E-state index in [1.807, 2.05) is 121 Å². The van der Waals surface area contributed by atoms with Gasteiger partial charge < -0.3 is 0 Å². The number of rotatable bonds is 6. The number of nitrogens with zero attached hydrogens (tertiary/aromatic N) is 10. The monoisotopic (exact) mass is 476 g/mol. The molecular formula is C26H20N10+2. The number of azo groups is 1. The smallest absolute Gasteiger partial charge is 0.0918 e. The van der Waals surface area contributed by atoms with Gasteiger partial charge in [-0.3, -0.25) is 0 Å². The Bertz CT molecular complexity index is 1490. The fourth-order valence-electron chi connectivity index (χ4n) is 3.57. The highest BCUT2D eigenvalue weighted by molar-refractivity contribution is 5.31.